The fourth-order valence-corrected chi connectivity index (χ4v) is 2.89. The highest BCUT2D eigenvalue weighted by atomic mass is 79.9. The molecule has 0 heterocycles. The molecule has 1 fully saturated rings. The number of carbonyl (C=O) groups is 1. The molecule has 0 saturated heterocycles. The molecule has 0 bridgehead atoms. The van der Waals surface area contributed by atoms with Crippen molar-refractivity contribution in [2.75, 3.05) is 0 Å². The van der Waals surface area contributed by atoms with E-state index in [1.807, 2.05) is 0 Å². The lowest BCUT2D eigenvalue weighted by molar-refractivity contribution is -0.138. The van der Waals surface area contributed by atoms with E-state index < -0.39 is 11.7 Å². The predicted octanol–water partition coefficient (Wildman–Crippen LogP) is 5.27. The summed E-state index contributed by atoms with van der Waals surface area (Å²) in [5, 5.41) is 0. The fraction of sp³-hybridized carbons (Fsp3) is 0.278. The van der Waals surface area contributed by atoms with Crippen molar-refractivity contribution in [3.8, 4) is 0 Å². The van der Waals surface area contributed by atoms with Gasteiger partial charge in [0.1, 0.15) is 0 Å². The number of hydrogen-bond acceptors (Lipinski definition) is 1. The normalized spacial score (nSPS) is 14.5. The molecule has 3 rings (SSSR count). The summed E-state index contributed by atoms with van der Waals surface area (Å²) in [6.45, 7) is -0.0325. The minimum absolute atomic E-state index is 0.0161. The molecule has 0 aliphatic heterocycles. The van der Waals surface area contributed by atoms with Gasteiger partial charge in [-0.15, -0.1) is 0 Å². The quantitative estimate of drug-likeness (QED) is 0.687. The molecule has 2 aromatic carbocycles. The van der Waals surface area contributed by atoms with E-state index in [4.69, 9.17) is 0 Å². The number of amides is 1. The second kappa shape index (κ2) is 6.59. The van der Waals surface area contributed by atoms with Crippen LogP contribution in [0.25, 0.3) is 0 Å². The largest absolute Gasteiger partial charge is 0.416 e. The topological polar surface area (TPSA) is 20.3 Å². The molecule has 6 heteroatoms. The van der Waals surface area contributed by atoms with E-state index in [-0.39, 0.29) is 24.1 Å². The van der Waals surface area contributed by atoms with Crippen LogP contribution < -0.4 is 0 Å². The molecule has 24 heavy (non-hydrogen) atoms. The van der Waals surface area contributed by atoms with Gasteiger partial charge in [-0.05, 0) is 48.7 Å². The molecule has 1 saturated carbocycles. The van der Waals surface area contributed by atoms with Crippen LogP contribution in [0.5, 0.6) is 0 Å². The first kappa shape index (κ1) is 17.0. The van der Waals surface area contributed by atoms with Gasteiger partial charge in [-0.1, -0.05) is 34.1 Å². The summed E-state index contributed by atoms with van der Waals surface area (Å²) in [7, 11) is 0. The second-order valence-corrected chi connectivity index (χ2v) is 6.74. The Morgan fingerprint density at radius 1 is 1.08 bits per heavy atom. The number of carbonyl (C=O) groups excluding carboxylic acids is 1. The van der Waals surface area contributed by atoms with Crippen molar-refractivity contribution in [1.82, 2.24) is 4.90 Å². The maximum Gasteiger partial charge on any atom is 0.416 e. The van der Waals surface area contributed by atoms with Crippen LogP contribution in [0.3, 0.4) is 0 Å². The number of hydrogen-bond donors (Lipinski definition) is 0. The Hall–Kier alpha value is -1.82. The maximum absolute atomic E-state index is 13.2. The molecule has 0 unspecified atom stereocenters. The van der Waals surface area contributed by atoms with Gasteiger partial charge in [-0.3, -0.25) is 4.79 Å². The molecule has 126 valence electrons. The van der Waals surface area contributed by atoms with Gasteiger partial charge in [0, 0.05) is 22.6 Å². The Bertz CT molecular complexity index is 739. The number of nitrogens with zero attached hydrogens (tertiary/aromatic N) is 1. The summed E-state index contributed by atoms with van der Waals surface area (Å²) in [5.41, 5.74) is -0.0730. The number of rotatable bonds is 4. The molecule has 0 N–H and O–H groups in total. The lowest BCUT2D eigenvalue weighted by Gasteiger charge is -2.24. The Kier molecular flexibility index (Phi) is 4.67. The third-order valence-corrected chi connectivity index (χ3v) is 4.53. The van der Waals surface area contributed by atoms with Crippen molar-refractivity contribution in [2.45, 2.75) is 31.6 Å². The second-order valence-electron chi connectivity index (χ2n) is 5.83. The van der Waals surface area contributed by atoms with E-state index >= 15 is 0 Å². The van der Waals surface area contributed by atoms with Crippen LogP contribution in [0, 0.1) is 0 Å². The molecule has 0 atom stereocenters. The third-order valence-electron chi connectivity index (χ3n) is 4.00. The zero-order valence-electron chi connectivity index (χ0n) is 12.7. The van der Waals surface area contributed by atoms with Crippen molar-refractivity contribution in [3.63, 3.8) is 0 Å². The van der Waals surface area contributed by atoms with Gasteiger partial charge in [0.25, 0.3) is 5.91 Å². The van der Waals surface area contributed by atoms with Gasteiger partial charge in [-0.2, -0.15) is 13.2 Å². The Morgan fingerprint density at radius 2 is 1.71 bits per heavy atom. The van der Waals surface area contributed by atoms with Crippen molar-refractivity contribution in [1.29, 1.82) is 0 Å². The van der Waals surface area contributed by atoms with Crippen molar-refractivity contribution >= 4 is 21.8 Å². The van der Waals surface area contributed by atoms with Gasteiger partial charge in [0.2, 0.25) is 0 Å². The van der Waals surface area contributed by atoms with Crippen LogP contribution in [0.4, 0.5) is 13.2 Å². The zero-order valence-corrected chi connectivity index (χ0v) is 14.3. The molecule has 1 aliphatic carbocycles. The molecular formula is C18H15BrF3NO. The first-order valence-electron chi connectivity index (χ1n) is 7.58. The fourth-order valence-electron chi connectivity index (χ4n) is 2.63. The van der Waals surface area contributed by atoms with Gasteiger partial charge >= 0.3 is 6.18 Å². The average molecular weight is 398 g/mol. The van der Waals surface area contributed by atoms with Crippen LogP contribution in [-0.4, -0.2) is 16.8 Å². The molecule has 1 amide bonds. The Morgan fingerprint density at radius 3 is 2.29 bits per heavy atom. The van der Waals surface area contributed by atoms with Crippen LogP contribution in [-0.2, 0) is 12.7 Å². The predicted molar refractivity (Wildman–Crippen MR) is 88.5 cm³/mol. The van der Waals surface area contributed by atoms with E-state index in [1.165, 1.54) is 12.1 Å². The number of benzene rings is 2. The van der Waals surface area contributed by atoms with Gasteiger partial charge in [0.15, 0.2) is 0 Å². The molecule has 2 aromatic rings. The number of halogens is 4. The average Bonchev–Trinajstić information content (AvgIpc) is 3.37. The smallest absolute Gasteiger partial charge is 0.331 e. The lowest BCUT2D eigenvalue weighted by Crippen LogP contribution is -2.33. The molecule has 2 nitrogen and oxygen atoms in total. The first-order valence-corrected chi connectivity index (χ1v) is 8.37. The van der Waals surface area contributed by atoms with Gasteiger partial charge in [-0.25, -0.2) is 0 Å². The van der Waals surface area contributed by atoms with E-state index in [2.05, 4.69) is 15.9 Å². The summed E-state index contributed by atoms with van der Waals surface area (Å²) in [4.78, 5) is 14.3. The highest BCUT2D eigenvalue weighted by Gasteiger charge is 2.37. The Balaban J connectivity index is 1.88. The summed E-state index contributed by atoms with van der Waals surface area (Å²) in [5.74, 6) is -0.234. The van der Waals surface area contributed by atoms with E-state index in [9.17, 15) is 18.0 Å². The summed E-state index contributed by atoms with van der Waals surface area (Å²) in [6, 6.07) is 12.3. The third kappa shape index (κ3) is 3.80. The van der Waals surface area contributed by atoms with E-state index in [0.717, 1.165) is 23.4 Å². The molecular weight excluding hydrogens is 383 g/mol. The maximum atomic E-state index is 13.2. The monoisotopic (exact) mass is 397 g/mol. The van der Waals surface area contributed by atoms with Crippen molar-refractivity contribution < 1.29 is 18.0 Å². The van der Waals surface area contributed by atoms with Crippen LogP contribution >= 0.6 is 15.9 Å². The molecule has 1 aliphatic rings. The standard InChI is InChI=1S/C18H15BrF3NO/c19-14-7-5-12(6-8-14)17(24)23(15-9-10-15)11-13-3-1-2-4-16(13)18(20,21)22/h1-8,15H,9-11H2. The summed E-state index contributed by atoms with van der Waals surface area (Å²) in [6.07, 6.45) is -2.76. The highest BCUT2D eigenvalue weighted by molar-refractivity contribution is 9.10. The SMILES string of the molecule is O=C(c1ccc(Br)cc1)N(Cc1ccccc1C(F)(F)F)C1CC1. The van der Waals surface area contributed by atoms with Gasteiger partial charge < -0.3 is 4.90 Å². The molecule has 0 radical (unpaired) electrons. The molecule has 0 aromatic heterocycles. The minimum atomic E-state index is -4.42. The van der Waals surface area contributed by atoms with Gasteiger partial charge in [0.05, 0.1) is 5.56 Å². The van der Waals surface area contributed by atoms with Crippen LogP contribution in [0.1, 0.15) is 34.3 Å². The van der Waals surface area contributed by atoms with Crippen molar-refractivity contribution in [2.24, 2.45) is 0 Å². The Labute approximate surface area is 146 Å². The minimum Gasteiger partial charge on any atom is -0.331 e. The number of alkyl halides is 3. The van der Waals surface area contributed by atoms with Crippen molar-refractivity contribution in [3.05, 3.63) is 69.7 Å². The van der Waals surface area contributed by atoms with Crippen LogP contribution in [0.15, 0.2) is 53.0 Å². The van der Waals surface area contributed by atoms with Crippen LogP contribution in [0.2, 0.25) is 0 Å². The zero-order chi connectivity index (χ0) is 17.3. The van der Waals surface area contributed by atoms with E-state index in [1.54, 1.807) is 35.2 Å². The molecule has 0 spiro atoms. The lowest BCUT2D eigenvalue weighted by atomic mass is 10.1. The van der Waals surface area contributed by atoms with E-state index in [0.29, 0.717) is 5.56 Å². The summed E-state index contributed by atoms with van der Waals surface area (Å²) < 4.78 is 40.4. The summed E-state index contributed by atoms with van der Waals surface area (Å²) >= 11 is 3.31. The highest BCUT2D eigenvalue weighted by Crippen LogP contribution is 2.35. The first-order chi connectivity index (χ1) is 11.4.